The fourth-order valence-corrected chi connectivity index (χ4v) is 4.70. The summed E-state index contributed by atoms with van der Waals surface area (Å²) < 4.78 is 0.908. The fraction of sp³-hybridized carbons (Fsp3) is 0.227. The second kappa shape index (κ2) is 6.37. The van der Waals surface area contributed by atoms with Crippen molar-refractivity contribution in [1.29, 1.82) is 10.5 Å². The molecule has 4 nitrogen and oxygen atoms in total. The normalized spacial score (nSPS) is 24.4. The summed E-state index contributed by atoms with van der Waals surface area (Å²) >= 11 is 3.42. The number of hydrogen-bond acceptors (Lipinski definition) is 4. The summed E-state index contributed by atoms with van der Waals surface area (Å²) in [6, 6.07) is 18.8. The zero-order valence-electron chi connectivity index (χ0n) is 14.6. The van der Waals surface area contributed by atoms with Crippen LogP contribution in [-0.2, 0) is 4.79 Å². The lowest BCUT2D eigenvalue weighted by molar-refractivity contribution is -0.118. The van der Waals surface area contributed by atoms with Gasteiger partial charge in [-0.25, -0.2) is 0 Å². The number of carbonyl (C=O) groups excluding carboxylic acids is 1. The molecule has 5 heteroatoms. The topological polar surface area (TPSA) is 67.9 Å². The number of nitriles is 2. The Hall–Kier alpha value is -2.89. The number of carbonyl (C=O) groups is 1. The number of ketones is 1. The van der Waals surface area contributed by atoms with Gasteiger partial charge in [0.05, 0.1) is 24.2 Å². The number of anilines is 1. The van der Waals surface area contributed by atoms with Crippen LogP contribution in [0, 0.1) is 28.1 Å². The van der Waals surface area contributed by atoms with Gasteiger partial charge in [0.25, 0.3) is 0 Å². The maximum atomic E-state index is 12.8. The predicted molar refractivity (Wildman–Crippen MR) is 107 cm³/mol. The van der Waals surface area contributed by atoms with Crippen molar-refractivity contribution in [1.82, 2.24) is 0 Å². The molecule has 132 valence electrons. The number of hydrogen-bond donors (Lipinski definition) is 0. The first kappa shape index (κ1) is 17.5. The van der Waals surface area contributed by atoms with Crippen LogP contribution in [0.15, 0.2) is 59.1 Å². The van der Waals surface area contributed by atoms with Crippen LogP contribution in [0.4, 0.5) is 5.69 Å². The molecule has 0 unspecified atom stereocenters. The monoisotopic (exact) mass is 417 g/mol. The number of rotatable bonds is 2. The first-order chi connectivity index (χ1) is 13.0. The van der Waals surface area contributed by atoms with Crippen molar-refractivity contribution < 1.29 is 4.79 Å². The molecule has 2 aromatic rings. The average Bonchev–Trinajstić information content (AvgIpc) is 3.00. The third kappa shape index (κ3) is 2.43. The van der Waals surface area contributed by atoms with E-state index in [0.29, 0.717) is 0 Å². The van der Waals surface area contributed by atoms with E-state index < -0.39 is 23.4 Å². The highest BCUT2D eigenvalue weighted by atomic mass is 79.9. The Balaban J connectivity index is 1.99. The molecule has 2 heterocycles. The standard InChI is InChI=1S/C22H16BrN3O/c1-14(27)21-20(16-6-9-17(23)10-7-16)22(12-24,13-25)19-11-8-15-4-2-3-5-18(15)26(19)21/h2-11,19-21H,1H3/t19-,20-,21-/m1/s1. The molecule has 0 radical (unpaired) electrons. The molecule has 2 aliphatic rings. The summed E-state index contributed by atoms with van der Waals surface area (Å²) in [5, 5.41) is 20.3. The molecule has 0 amide bonds. The molecular weight excluding hydrogens is 402 g/mol. The van der Waals surface area contributed by atoms with Crippen LogP contribution < -0.4 is 4.90 Å². The number of benzene rings is 2. The molecule has 1 saturated heterocycles. The summed E-state index contributed by atoms with van der Waals surface area (Å²) in [6.07, 6.45) is 3.84. The third-order valence-electron chi connectivity index (χ3n) is 5.56. The van der Waals surface area contributed by atoms with E-state index in [1.54, 1.807) is 6.92 Å². The summed E-state index contributed by atoms with van der Waals surface area (Å²) in [5.74, 6) is -0.593. The van der Waals surface area contributed by atoms with Gasteiger partial charge in [-0.3, -0.25) is 4.79 Å². The molecule has 2 aromatic carbocycles. The molecular formula is C22H16BrN3O. The largest absolute Gasteiger partial charge is 0.351 e. The smallest absolute Gasteiger partial charge is 0.176 e. The second-order valence-electron chi connectivity index (χ2n) is 6.95. The minimum absolute atomic E-state index is 0.0506. The van der Waals surface area contributed by atoms with E-state index in [1.807, 2.05) is 65.6 Å². The Kier molecular flexibility index (Phi) is 4.13. The van der Waals surface area contributed by atoms with Gasteiger partial charge in [0.1, 0.15) is 0 Å². The maximum Gasteiger partial charge on any atom is 0.176 e. The van der Waals surface area contributed by atoms with Crippen molar-refractivity contribution in [3.8, 4) is 12.1 Å². The zero-order chi connectivity index (χ0) is 19.2. The van der Waals surface area contributed by atoms with Crippen LogP contribution in [0.1, 0.15) is 24.0 Å². The number of nitrogens with zero attached hydrogens (tertiary/aromatic N) is 3. The number of halogens is 1. The van der Waals surface area contributed by atoms with E-state index in [4.69, 9.17) is 0 Å². The Morgan fingerprint density at radius 1 is 1.11 bits per heavy atom. The molecule has 0 bridgehead atoms. The summed E-state index contributed by atoms with van der Waals surface area (Å²) in [5.41, 5.74) is 1.34. The molecule has 0 N–H and O–H groups in total. The molecule has 0 spiro atoms. The van der Waals surface area contributed by atoms with Gasteiger partial charge in [-0.2, -0.15) is 10.5 Å². The van der Waals surface area contributed by atoms with Crippen LogP contribution in [0.3, 0.4) is 0 Å². The highest BCUT2D eigenvalue weighted by Crippen LogP contribution is 2.55. The van der Waals surface area contributed by atoms with E-state index in [-0.39, 0.29) is 5.78 Å². The maximum absolute atomic E-state index is 12.8. The van der Waals surface area contributed by atoms with Gasteiger partial charge in [-0.1, -0.05) is 58.4 Å². The van der Waals surface area contributed by atoms with E-state index in [0.717, 1.165) is 21.3 Å². The van der Waals surface area contributed by atoms with E-state index in [2.05, 4.69) is 28.1 Å². The fourth-order valence-electron chi connectivity index (χ4n) is 4.43. The van der Waals surface area contributed by atoms with E-state index in [9.17, 15) is 15.3 Å². The average molecular weight is 418 g/mol. The van der Waals surface area contributed by atoms with Crippen molar-refractivity contribution >= 4 is 33.5 Å². The molecule has 0 aromatic heterocycles. The van der Waals surface area contributed by atoms with Crippen LogP contribution in [0.5, 0.6) is 0 Å². The lowest BCUT2D eigenvalue weighted by atomic mass is 9.69. The van der Waals surface area contributed by atoms with E-state index >= 15 is 0 Å². The first-order valence-electron chi connectivity index (χ1n) is 8.67. The summed E-state index contributed by atoms with van der Waals surface area (Å²) in [4.78, 5) is 14.8. The quantitative estimate of drug-likeness (QED) is 0.723. The lowest BCUT2D eigenvalue weighted by Gasteiger charge is -2.35. The number of Topliss-reactive ketones (excluding diaryl/α,β-unsaturated/α-hetero) is 1. The van der Waals surface area contributed by atoms with Crippen molar-refractivity contribution in [3.05, 3.63) is 70.2 Å². The minimum atomic E-state index is -1.35. The Labute approximate surface area is 166 Å². The van der Waals surface area contributed by atoms with Crippen molar-refractivity contribution in [3.63, 3.8) is 0 Å². The van der Waals surface area contributed by atoms with Crippen LogP contribution in [-0.4, -0.2) is 17.9 Å². The lowest BCUT2D eigenvalue weighted by Crippen LogP contribution is -2.43. The van der Waals surface area contributed by atoms with Crippen LogP contribution >= 0.6 is 15.9 Å². The van der Waals surface area contributed by atoms with Gasteiger partial charge in [-0.15, -0.1) is 0 Å². The zero-order valence-corrected chi connectivity index (χ0v) is 16.2. The predicted octanol–water partition coefficient (Wildman–Crippen LogP) is 4.44. The third-order valence-corrected chi connectivity index (χ3v) is 6.09. The highest BCUT2D eigenvalue weighted by Gasteiger charge is 2.62. The van der Waals surface area contributed by atoms with Crippen molar-refractivity contribution in [2.24, 2.45) is 5.41 Å². The highest BCUT2D eigenvalue weighted by molar-refractivity contribution is 9.10. The molecule has 0 aliphatic carbocycles. The Morgan fingerprint density at radius 3 is 2.41 bits per heavy atom. The summed E-state index contributed by atoms with van der Waals surface area (Å²) in [7, 11) is 0. The molecule has 1 fully saturated rings. The molecule has 0 saturated carbocycles. The Morgan fingerprint density at radius 2 is 1.78 bits per heavy atom. The summed E-state index contributed by atoms with van der Waals surface area (Å²) in [6.45, 7) is 1.54. The van der Waals surface area contributed by atoms with Crippen molar-refractivity contribution in [2.75, 3.05) is 4.90 Å². The van der Waals surface area contributed by atoms with Gasteiger partial charge in [0, 0.05) is 16.1 Å². The van der Waals surface area contributed by atoms with Crippen molar-refractivity contribution in [2.45, 2.75) is 24.9 Å². The SMILES string of the molecule is CC(=O)[C@@H]1[C@@H](c2ccc(Br)cc2)C(C#N)(C#N)[C@H]2C=Cc3ccccc3N12. The van der Waals surface area contributed by atoms with Gasteiger partial charge < -0.3 is 4.90 Å². The van der Waals surface area contributed by atoms with Gasteiger partial charge in [-0.05, 0) is 36.2 Å². The van der Waals surface area contributed by atoms with Gasteiger partial charge in [0.2, 0.25) is 0 Å². The molecule has 27 heavy (non-hydrogen) atoms. The number of fused-ring (bicyclic) bond motifs is 3. The minimum Gasteiger partial charge on any atom is -0.351 e. The van der Waals surface area contributed by atoms with Gasteiger partial charge >= 0.3 is 0 Å². The Bertz CT molecular complexity index is 1010. The van der Waals surface area contributed by atoms with Gasteiger partial charge in [0.15, 0.2) is 11.2 Å². The molecule has 3 atom stereocenters. The first-order valence-corrected chi connectivity index (χ1v) is 9.47. The number of para-hydroxylation sites is 1. The van der Waals surface area contributed by atoms with E-state index in [1.165, 1.54) is 0 Å². The van der Waals surface area contributed by atoms with Crippen LogP contribution in [0.25, 0.3) is 6.08 Å². The molecule has 4 rings (SSSR count). The molecule has 2 aliphatic heterocycles. The second-order valence-corrected chi connectivity index (χ2v) is 7.86. The van der Waals surface area contributed by atoms with Crippen LogP contribution in [0.2, 0.25) is 0 Å².